The monoisotopic (exact) mass is 170 g/mol. The Labute approximate surface area is 76.1 Å². The van der Waals surface area contributed by atoms with Gasteiger partial charge < -0.3 is 10.6 Å². The van der Waals surface area contributed by atoms with Crippen LogP contribution >= 0.6 is 0 Å². The first-order valence-corrected chi connectivity index (χ1v) is 5.35. The van der Waals surface area contributed by atoms with E-state index in [4.69, 9.17) is 0 Å². The van der Waals surface area contributed by atoms with Crippen LogP contribution in [-0.4, -0.2) is 19.3 Å². The van der Waals surface area contributed by atoms with Gasteiger partial charge in [-0.05, 0) is 12.3 Å². The van der Waals surface area contributed by atoms with Gasteiger partial charge in [-0.3, -0.25) is 0 Å². The second-order valence-electron chi connectivity index (χ2n) is 3.70. The number of unbranched alkanes of at least 4 members (excludes halogenated alkanes) is 1. The van der Waals surface area contributed by atoms with E-state index < -0.39 is 0 Å². The van der Waals surface area contributed by atoms with Crippen LogP contribution in [0.25, 0.3) is 0 Å². The van der Waals surface area contributed by atoms with Crippen molar-refractivity contribution >= 4 is 0 Å². The van der Waals surface area contributed by atoms with Gasteiger partial charge in [0.15, 0.2) is 0 Å². The average molecular weight is 170 g/mol. The Kier molecular flexibility index (Phi) is 4.62. The van der Waals surface area contributed by atoms with Gasteiger partial charge in [-0.1, -0.05) is 33.1 Å². The molecule has 1 fully saturated rings. The maximum Gasteiger partial charge on any atom is 0.0601 e. The molecule has 0 bridgehead atoms. The summed E-state index contributed by atoms with van der Waals surface area (Å²) >= 11 is 0. The fourth-order valence-corrected chi connectivity index (χ4v) is 1.93. The van der Waals surface area contributed by atoms with E-state index in [2.05, 4.69) is 24.5 Å². The molecule has 0 aliphatic carbocycles. The highest BCUT2D eigenvalue weighted by Gasteiger charge is 2.21. The quantitative estimate of drug-likeness (QED) is 0.656. The first-order valence-electron chi connectivity index (χ1n) is 5.35. The van der Waals surface area contributed by atoms with Gasteiger partial charge in [0.2, 0.25) is 0 Å². The lowest BCUT2D eigenvalue weighted by atomic mass is 9.96. The third kappa shape index (κ3) is 2.76. The van der Waals surface area contributed by atoms with E-state index in [1.54, 1.807) is 0 Å². The zero-order valence-electron chi connectivity index (χ0n) is 8.40. The highest BCUT2D eigenvalue weighted by molar-refractivity contribution is 4.79. The van der Waals surface area contributed by atoms with E-state index in [0.717, 1.165) is 19.0 Å². The molecule has 0 amide bonds. The van der Waals surface area contributed by atoms with Crippen LogP contribution in [0.15, 0.2) is 0 Å². The lowest BCUT2D eigenvalue weighted by Gasteiger charge is -2.22. The second kappa shape index (κ2) is 5.55. The van der Waals surface area contributed by atoms with Crippen LogP contribution in [0.2, 0.25) is 0 Å². The Hall–Kier alpha value is -0.0800. The third-order valence-corrected chi connectivity index (χ3v) is 2.78. The minimum Gasteiger partial charge on any atom is -0.300 e. The van der Waals surface area contributed by atoms with Crippen LogP contribution in [0.1, 0.15) is 39.5 Å². The lowest BCUT2D eigenvalue weighted by molar-refractivity contribution is 0.323. The van der Waals surface area contributed by atoms with Gasteiger partial charge in [0.1, 0.15) is 0 Å². The van der Waals surface area contributed by atoms with Crippen LogP contribution < -0.4 is 10.6 Å². The Morgan fingerprint density at radius 3 is 2.42 bits per heavy atom. The zero-order valence-corrected chi connectivity index (χ0v) is 8.40. The first kappa shape index (κ1) is 10.0. The van der Waals surface area contributed by atoms with Crippen LogP contribution in [0, 0.1) is 5.92 Å². The van der Waals surface area contributed by atoms with E-state index >= 15 is 0 Å². The molecule has 2 N–H and O–H groups in total. The van der Waals surface area contributed by atoms with Crippen molar-refractivity contribution in [2.45, 2.75) is 45.7 Å². The number of hydrogen-bond donors (Lipinski definition) is 2. The fourth-order valence-electron chi connectivity index (χ4n) is 1.93. The summed E-state index contributed by atoms with van der Waals surface area (Å²) in [5.41, 5.74) is 0. The normalized spacial score (nSPS) is 21.5. The SMILES string of the molecule is CCCCC(CC)C1NCCN1. The first-order chi connectivity index (χ1) is 5.88. The Bertz CT molecular complexity index is 108. The van der Waals surface area contributed by atoms with E-state index in [9.17, 15) is 0 Å². The van der Waals surface area contributed by atoms with Gasteiger partial charge >= 0.3 is 0 Å². The van der Waals surface area contributed by atoms with Gasteiger partial charge in [-0.2, -0.15) is 0 Å². The molecule has 2 heteroatoms. The van der Waals surface area contributed by atoms with Crippen molar-refractivity contribution in [2.75, 3.05) is 13.1 Å². The standard InChI is InChI=1S/C10H22N2/c1-3-5-6-9(4-2)10-11-7-8-12-10/h9-12H,3-8H2,1-2H3. The fraction of sp³-hybridized carbons (Fsp3) is 1.00. The summed E-state index contributed by atoms with van der Waals surface area (Å²) < 4.78 is 0. The van der Waals surface area contributed by atoms with Crippen molar-refractivity contribution in [1.29, 1.82) is 0 Å². The molecule has 12 heavy (non-hydrogen) atoms. The van der Waals surface area contributed by atoms with Crippen molar-refractivity contribution in [3.63, 3.8) is 0 Å². The maximum absolute atomic E-state index is 3.51. The molecule has 1 atom stereocenters. The van der Waals surface area contributed by atoms with Crippen molar-refractivity contribution in [3.8, 4) is 0 Å². The summed E-state index contributed by atoms with van der Waals surface area (Å²) in [5.74, 6) is 0.840. The molecule has 0 aromatic carbocycles. The molecule has 0 saturated carbocycles. The largest absolute Gasteiger partial charge is 0.300 e. The van der Waals surface area contributed by atoms with E-state index in [1.165, 1.54) is 25.7 Å². The van der Waals surface area contributed by atoms with Crippen molar-refractivity contribution in [1.82, 2.24) is 10.6 Å². The van der Waals surface area contributed by atoms with Crippen LogP contribution in [0.3, 0.4) is 0 Å². The predicted octanol–water partition coefficient (Wildman–Crippen LogP) is 1.72. The molecule has 1 saturated heterocycles. The van der Waals surface area contributed by atoms with Gasteiger partial charge in [0.25, 0.3) is 0 Å². The molecule has 1 unspecified atom stereocenters. The predicted molar refractivity (Wildman–Crippen MR) is 53.1 cm³/mol. The highest BCUT2D eigenvalue weighted by Crippen LogP contribution is 2.16. The molecular weight excluding hydrogens is 148 g/mol. The Morgan fingerprint density at radius 1 is 1.25 bits per heavy atom. The maximum atomic E-state index is 3.51. The van der Waals surface area contributed by atoms with Crippen LogP contribution in [-0.2, 0) is 0 Å². The molecule has 1 rings (SSSR count). The number of hydrogen-bond acceptors (Lipinski definition) is 2. The van der Waals surface area contributed by atoms with Crippen molar-refractivity contribution in [2.24, 2.45) is 5.92 Å². The summed E-state index contributed by atoms with van der Waals surface area (Å²) in [5, 5.41) is 7.01. The molecule has 0 aromatic heterocycles. The minimum atomic E-state index is 0.599. The average Bonchev–Trinajstić information content (AvgIpc) is 2.59. The van der Waals surface area contributed by atoms with E-state index in [1.807, 2.05) is 0 Å². The van der Waals surface area contributed by atoms with Gasteiger partial charge in [-0.25, -0.2) is 0 Å². The summed E-state index contributed by atoms with van der Waals surface area (Å²) in [4.78, 5) is 0. The van der Waals surface area contributed by atoms with Crippen molar-refractivity contribution < 1.29 is 0 Å². The summed E-state index contributed by atoms with van der Waals surface area (Å²) in [6.45, 7) is 6.85. The van der Waals surface area contributed by atoms with Gasteiger partial charge in [-0.15, -0.1) is 0 Å². The molecule has 0 spiro atoms. The van der Waals surface area contributed by atoms with Crippen LogP contribution in [0.4, 0.5) is 0 Å². The van der Waals surface area contributed by atoms with Gasteiger partial charge in [0, 0.05) is 13.1 Å². The van der Waals surface area contributed by atoms with Crippen molar-refractivity contribution in [3.05, 3.63) is 0 Å². The zero-order chi connectivity index (χ0) is 8.81. The van der Waals surface area contributed by atoms with E-state index in [-0.39, 0.29) is 0 Å². The summed E-state index contributed by atoms with van der Waals surface area (Å²) in [6, 6.07) is 0. The number of nitrogens with one attached hydrogen (secondary N) is 2. The topological polar surface area (TPSA) is 24.1 Å². The number of rotatable bonds is 5. The second-order valence-corrected chi connectivity index (χ2v) is 3.70. The molecular formula is C10H22N2. The molecule has 0 radical (unpaired) electrons. The minimum absolute atomic E-state index is 0.599. The smallest absolute Gasteiger partial charge is 0.0601 e. The molecule has 1 aliphatic heterocycles. The molecule has 72 valence electrons. The molecule has 0 aromatic rings. The molecule has 1 aliphatic rings. The highest BCUT2D eigenvalue weighted by atomic mass is 15.2. The van der Waals surface area contributed by atoms with Gasteiger partial charge in [0.05, 0.1) is 6.17 Å². The Balaban J connectivity index is 2.22. The molecule has 1 heterocycles. The summed E-state index contributed by atoms with van der Waals surface area (Å²) in [7, 11) is 0. The van der Waals surface area contributed by atoms with Crippen LogP contribution in [0.5, 0.6) is 0 Å². The Morgan fingerprint density at radius 2 is 1.92 bits per heavy atom. The lowest BCUT2D eigenvalue weighted by Crippen LogP contribution is -2.38. The van der Waals surface area contributed by atoms with E-state index in [0.29, 0.717) is 6.17 Å². The summed E-state index contributed by atoms with van der Waals surface area (Å²) in [6.07, 6.45) is 5.96. The third-order valence-electron chi connectivity index (χ3n) is 2.78. The molecule has 2 nitrogen and oxygen atoms in total.